The second-order valence-electron chi connectivity index (χ2n) is 9.48. The highest BCUT2D eigenvalue weighted by Gasteiger charge is 2.54. The number of alkyl carbamates (subject to hydrolysis) is 1. The van der Waals surface area contributed by atoms with E-state index in [1.807, 2.05) is 48.5 Å². The van der Waals surface area contributed by atoms with Gasteiger partial charge in [0, 0.05) is 18.5 Å². The molecule has 3 atom stereocenters. The predicted molar refractivity (Wildman–Crippen MR) is 122 cm³/mol. The van der Waals surface area contributed by atoms with E-state index in [1.165, 1.54) is 0 Å². The third-order valence-corrected chi connectivity index (χ3v) is 7.40. The second kappa shape index (κ2) is 8.94. The van der Waals surface area contributed by atoms with Crippen molar-refractivity contribution < 1.29 is 33.0 Å². The zero-order chi connectivity index (χ0) is 24.7. The van der Waals surface area contributed by atoms with Gasteiger partial charge in [0.05, 0.1) is 12.5 Å². The number of fused-ring (bicyclic) bond motifs is 3. The van der Waals surface area contributed by atoms with E-state index in [9.17, 15) is 23.2 Å². The largest absolute Gasteiger partial charge is 0.481 e. The molecule has 0 aromatic heterocycles. The van der Waals surface area contributed by atoms with Gasteiger partial charge >= 0.3 is 12.1 Å². The molecule has 1 saturated heterocycles. The second-order valence-corrected chi connectivity index (χ2v) is 9.48. The van der Waals surface area contributed by atoms with E-state index in [2.05, 4.69) is 5.32 Å². The SMILES string of the molecule is O=C(NC1CCCC1C(=O)N1CC(C(=O)O)C(F)(F)C1)OCC1c2ccccc2-c2ccccc21. The number of hydrogen-bond donors (Lipinski definition) is 2. The van der Waals surface area contributed by atoms with Crippen molar-refractivity contribution in [2.24, 2.45) is 11.8 Å². The Hall–Kier alpha value is -3.49. The maximum Gasteiger partial charge on any atom is 0.407 e. The van der Waals surface area contributed by atoms with Gasteiger partial charge in [-0.25, -0.2) is 13.6 Å². The van der Waals surface area contributed by atoms with Gasteiger partial charge in [-0.2, -0.15) is 0 Å². The summed E-state index contributed by atoms with van der Waals surface area (Å²) in [5.41, 5.74) is 4.39. The first kappa shape index (κ1) is 23.3. The number of nitrogens with zero attached hydrogens (tertiary/aromatic N) is 1. The molecule has 7 nitrogen and oxygen atoms in total. The molecule has 3 unspecified atom stereocenters. The molecule has 2 fully saturated rings. The summed E-state index contributed by atoms with van der Waals surface area (Å²) in [5, 5.41) is 11.8. The van der Waals surface area contributed by atoms with Gasteiger partial charge in [-0.3, -0.25) is 9.59 Å². The maximum atomic E-state index is 14.1. The highest BCUT2D eigenvalue weighted by atomic mass is 19.3. The Morgan fingerprint density at radius 1 is 1.03 bits per heavy atom. The van der Waals surface area contributed by atoms with Gasteiger partial charge in [0.2, 0.25) is 5.91 Å². The number of nitrogens with one attached hydrogen (secondary N) is 1. The van der Waals surface area contributed by atoms with Crippen LogP contribution in [0.4, 0.5) is 13.6 Å². The van der Waals surface area contributed by atoms with E-state index in [4.69, 9.17) is 9.84 Å². The zero-order valence-corrected chi connectivity index (χ0v) is 19.0. The van der Waals surface area contributed by atoms with Crippen molar-refractivity contribution in [3.8, 4) is 11.1 Å². The Balaban J connectivity index is 1.21. The highest BCUT2D eigenvalue weighted by Crippen LogP contribution is 2.44. The molecular formula is C26H26F2N2O5. The van der Waals surface area contributed by atoms with Crippen molar-refractivity contribution in [1.82, 2.24) is 10.2 Å². The van der Waals surface area contributed by atoms with Crippen molar-refractivity contribution in [3.63, 3.8) is 0 Å². The van der Waals surface area contributed by atoms with Gasteiger partial charge < -0.3 is 20.1 Å². The van der Waals surface area contributed by atoms with Gasteiger partial charge in [-0.05, 0) is 35.1 Å². The van der Waals surface area contributed by atoms with E-state index >= 15 is 0 Å². The number of rotatable bonds is 5. The molecule has 2 aromatic rings. The molecule has 3 aliphatic rings. The lowest BCUT2D eigenvalue weighted by Gasteiger charge is -2.25. The number of halogens is 2. The summed E-state index contributed by atoms with van der Waals surface area (Å²) in [4.78, 5) is 37.7. The van der Waals surface area contributed by atoms with Crippen LogP contribution in [-0.4, -0.2) is 59.6 Å². The van der Waals surface area contributed by atoms with Crippen LogP contribution in [-0.2, 0) is 14.3 Å². The Morgan fingerprint density at radius 2 is 1.66 bits per heavy atom. The number of aliphatic carboxylic acids is 1. The molecule has 1 saturated carbocycles. The van der Waals surface area contributed by atoms with Gasteiger partial charge in [0.1, 0.15) is 12.5 Å². The zero-order valence-electron chi connectivity index (χ0n) is 19.0. The molecule has 2 aromatic carbocycles. The third-order valence-electron chi connectivity index (χ3n) is 7.40. The lowest BCUT2D eigenvalue weighted by atomic mass is 9.98. The van der Waals surface area contributed by atoms with E-state index in [-0.39, 0.29) is 12.5 Å². The summed E-state index contributed by atoms with van der Waals surface area (Å²) in [6.45, 7) is -1.32. The molecule has 0 bridgehead atoms. The maximum absolute atomic E-state index is 14.1. The molecule has 2 aliphatic carbocycles. The third kappa shape index (κ3) is 4.24. The van der Waals surface area contributed by atoms with Crippen LogP contribution in [0, 0.1) is 11.8 Å². The van der Waals surface area contributed by atoms with Gasteiger partial charge in [-0.15, -0.1) is 0 Å². The number of ether oxygens (including phenoxy) is 1. The monoisotopic (exact) mass is 484 g/mol. The van der Waals surface area contributed by atoms with Crippen molar-refractivity contribution in [3.05, 3.63) is 59.7 Å². The first-order chi connectivity index (χ1) is 16.8. The van der Waals surface area contributed by atoms with E-state index in [0.717, 1.165) is 27.2 Å². The highest BCUT2D eigenvalue weighted by molar-refractivity contribution is 5.83. The van der Waals surface area contributed by atoms with E-state index < -0.39 is 54.9 Å². The van der Waals surface area contributed by atoms with Crippen molar-refractivity contribution in [2.45, 2.75) is 37.1 Å². The molecule has 184 valence electrons. The predicted octanol–water partition coefficient (Wildman–Crippen LogP) is 3.87. The molecule has 0 spiro atoms. The first-order valence-corrected chi connectivity index (χ1v) is 11.8. The number of carboxylic acid groups (broad SMARTS) is 1. The molecule has 5 rings (SSSR count). The summed E-state index contributed by atoms with van der Waals surface area (Å²) < 4.78 is 33.7. The fourth-order valence-electron chi connectivity index (χ4n) is 5.66. The van der Waals surface area contributed by atoms with Crippen LogP contribution in [0.15, 0.2) is 48.5 Å². The number of amides is 2. The Labute approximate surface area is 201 Å². The van der Waals surface area contributed by atoms with Crippen molar-refractivity contribution >= 4 is 18.0 Å². The first-order valence-electron chi connectivity index (χ1n) is 11.8. The van der Waals surface area contributed by atoms with Gasteiger partial charge in [-0.1, -0.05) is 55.0 Å². The topological polar surface area (TPSA) is 95.9 Å². The number of benzene rings is 2. The number of carbonyl (C=O) groups is 3. The number of alkyl halides is 2. The lowest BCUT2D eigenvalue weighted by Crippen LogP contribution is -2.45. The van der Waals surface area contributed by atoms with Crippen molar-refractivity contribution in [1.29, 1.82) is 0 Å². The van der Waals surface area contributed by atoms with Crippen LogP contribution in [0.25, 0.3) is 11.1 Å². The summed E-state index contributed by atoms with van der Waals surface area (Å²) in [6.07, 6.45) is 0.948. The standard InChI is InChI=1S/C26H26F2N2O5/c27-26(28)14-30(12-21(26)24(32)33)23(31)19-10-5-11-22(19)29-25(34)35-13-20-17-8-3-1-6-15(17)16-7-2-4-9-18(16)20/h1-4,6-9,19-22H,5,10-14H2,(H,29,34)(H,32,33). The minimum Gasteiger partial charge on any atom is -0.481 e. The van der Waals surface area contributed by atoms with Crippen LogP contribution in [0.3, 0.4) is 0 Å². The van der Waals surface area contributed by atoms with Crippen LogP contribution in [0.5, 0.6) is 0 Å². The molecule has 35 heavy (non-hydrogen) atoms. The summed E-state index contributed by atoms with van der Waals surface area (Å²) in [7, 11) is 0. The molecule has 1 heterocycles. The van der Waals surface area contributed by atoms with E-state index in [0.29, 0.717) is 19.3 Å². The molecule has 2 amide bonds. The van der Waals surface area contributed by atoms with Gasteiger partial charge in [0.25, 0.3) is 5.92 Å². The average Bonchev–Trinajstić information content (AvgIpc) is 3.51. The Morgan fingerprint density at radius 3 is 2.26 bits per heavy atom. The normalized spacial score (nSPS) is 24.6. The lowest BCUT2D eigenvalue weighted by molar-refractivity contribution is -0.151. The molecule has 2 N–H and O–H groups in total. The van der Waals surface area contributed by atoms with Crippen LogP contribution >= 0.6 is 0 Å². The summed E-state index contributed by atoms with van der Waals surface area (Å²) >= 11 is 0. The Bertz CT molecular complexity index is 1120. The smallest absolute Gasteiger partial charge is 0.407 e. The van der Waals surface area contributed by atoms with Crippen molar-refractivity contribution in [2.75, 3.05) is 19.7 Å². The van der Waals surface area contributed by atoms with Crippen LogP contribution in [0.1, 0.15) is 36.3 Å². The quantitative estimate of drug-likeness (QED) is 0.672. The van der Waals surface area contributed by atoms with Crippen LogP contribution < -0.4 is 5.32 Å². The molecule has 0 radical (unpaired) electrons. The minimum absolute atomic E-state index is 0.103. The summed E-state index contributed by atoms with van der Waals surface area (Å²) in [5.74, 6) is -8.34. The number of carbonyl (C=O) groups excluding carboxylic acids is 2. The van der Waals surface area contributed by atoms with Crippen LogP contribution in [0.2, 0.25) is 0 Å². The molecular weight excluding hydrogens is 458 g/mol. The fraction of sp³-hybridized carbons (Fsp3) is 0.423. The molecule has 9 heteroatoms. The minimum atomic E-state index is -3.48. The number of carboxylic acids is 1. The number of hydrogen-bond acceptors (Lipinski definition) is 4. The van der Waals surface area contributed by atoms with E-state index in [1.54, 1.807) is 0 Å². The average molecular weight is 484 g/mol. The summed E-state index contributed by atoms with van der Waals surface area (Å²) in [6, 6.07) is 15.4. The van der Waals surface area contributed by atoms with Gasteiger partial charge in [0.15, 0.2) is 0 Å². The Kier molecular flexibility index (Phi) is 5.94. The fourth-order valence-corrected chi connectivity index (χ4v) is 5.66. The molecule has 1 aliphatic heterocycles. The number of likely N-dealkylation sites (tertiary alicyclic amines) is 1.